The van der Waals surface area contributed by atoms with Gasteiger partial charge >= 0.3 is 0 Å². The highest BCUT2D eigenvalue weighted by Gasteiger charge is 2.47. The summed E-state index contributed by atoms with van der Waals surface area (Å²) in [4.78, 5) is 11.4. The SMILES string of the molecule is CC1(C)C(O)CC1Nc1cc2c(cc1Cl)NC(=O)C2. The summed E-state index contributed by atoms with van der Waals surface area (Å²) in [6, 6.07) is 3.91. The van der Waals surface area contributed by atoms with Crippen LogP contribution >= 0.6 is 11.6 Å². The van der Waals surface area contributed by atoms with Crippen LogP contribution in [-0.2, 0) is 11.2 Å². The zero-order valence-corrected chi connectivity index (χ0v) is 11.7. The molecule has 4 nitrogen and oxygen atoms in total. The number of hydrogen-bond donors (Lipinski definition) is 3. The van der Waals surface area contributed by atoms with Gasteiger partial charge in [0.15, 0.2) is 0 Å². The molecule has 0 bridgehead atoms. The molecule has 1 heterocycles. The second kappa shape index (κ2) is 4.12. The Kier molecular flexibility index (Phi) is 2.76. The Morgan fingerprint density at radius 2 is 2.21 bits per heavy atom. The van der Waals surface area contributed by atoms with Crippen molar-refractivity contribution in [1.82, 2.24) is 0 Å². The third kappa shape index (κ3) is 1.99. The van der Waals surface area contributed by atoms with Crippen molar-refractivity contribution in [3.8, 4) is 0 Å². The van der Waals surface area contributed by atoms with Crippen molar-refractivity contribution in [2.75, 3.05) is 10.6 Å². The molecule has 2 aliphatic rings. The number of aliphatic hydroxyl groups excluding tert-OH is 1. The molecule has 0 aromatic heterocycles. The monoisotopic (exact) mass is 280 g/mol. The van der Waals surface area contributed by atoms with E-state index in [-0.39, 0.29) is 23.5 Å². The number of amides is 1. The first kappa shape index (κ1) is 12.8. The lowest BCUT2D eigenvalue weighted by Crippen LogP contribution is -2.56. The van der Waals surface area contributed by atoms with Crippen molar-refractivity contribution in [2.45, 2.75) is 38.8 Å². The molecule has 3 rings (SSSR count). The van der Waals surface area contributed by atoms with Gasteiger partial charge in [0.1, 0.15) is 0 Å². The van der Waals surface area contributed by atoms with Crippen molar-refractivity contribution < 1.29 is 9.90 Å². The second-order valence-electron chi connectivity index (χ2n) is 5.98. The predicted molar refractivity (Wildman–Crippen MR) is 75.6 cm³/mol. The third-order valence-electron chi connectivity index (χ3n) is 4.36. The summed E-state index contributed by atoms with van der Waals surface area (Å²) in [6.45, 7) is 4.07. The number of halogens is 1. The van der Waals surface area contributed by atoms with Crippen LogP contribution in [0.3, 0.4) is 0 Å². The standard InChI is InChI=1S/C14H17ClN2O2/c1-14(2)11(6-12(14)18)16-10-3-7-4-13(19)17-9(7)5-8(10)15/h3,5,11-12,16,18H,4,6H2,1-2H3,(H,17,19). The Bertz CT molecular complexity index is 557. The van der Waals surface area contributed by atoms with E-state index in [1.165, 1.54) is 0 Å². The van der Waals surface area contributed by atoms with Gasteiger partial charge in [0.05, 0.1) is 23.2 Å². The minimum Gasteiger partial charge on any atom is -0.392 e. The number of hydrogen-bond acceptors (Lipinski definition) is 3. The molecule has 1 amide bonds. The first-order chi connectivity index (χ1) is 8.88. The minimum atomic E-state index is -0.276. The van der Waals surface area contributed by atoms with Crippen molar-refractivity contribution in [1.29, 1.82) is 0 Å². The number of anilines is 2. The predicted octanol–water partition coefficient (Wildman–Crippen LogP) is 2.41. The molecule has 1 aromatic carbocycles. The summed E-state index contributed by atoms with van der Waals surface area (Å²) in [6.07, 6.45) is 0.844. The molecule has 2 unspecified atom stereocenters. The number of carbonyl (C=O) groups is 1. The van der Waals surface area contributed by atoms with Crippen molar-refractivity contribution >= 4 is 28.9 Å². The average Bonchev–Trinajstić information content (AvgIpc) is 2.68. The molecule has 0 radical (unpaired) electrons. The smallest absolute Gasteiger partial charge is 0.228 e. The van der Waals surface area contributed by atoms with Crippen LogP contribution in [0.15, 0.2) is 12.1 Å². The highest BCUT2D eigenvalue weighted by molar-refractivity contribution is 6.33. The van der Waals surface area contributed by atoms with Gasteiger partial charge in [-0.1, -0.05) is 25.4 Å². The van der Waals surface area contributed by atoms with E-state index < -0.39 is 0 Å². The molecule has 1 fully saturated rings. The van der Waals surface area contributed by atoms with Crippen LogP contribution in [0.25, 0.3) is 0 Å². The normalized spacial score (nSPS) is 27.5. The van der Waals surface area contributed by atoms with Crippen molar-refractivity contribution in [2.24, 2.45) is 5.41 Å². The quantitative estimate of drug-likeness (QED) is 0.780. The Morgan fingerprint density at radius 3 is 2.84 bits per heavy atom. The fourth-order valence-electron chi connectivity index (χ4n) is 2.69. The summed E-state index contributed by atoms with van der Waals surface area (Å²) < 4.78 is 0. The molecule has 1 aliphatic carbocycles. The van der Waals surface area contributed by atoms with Crippen LogP contribution in [-0.4, -0.2) is 23.2 Å². The van der Waals surface area contributed by atoms with Crippen LogP contribution in [0.5, 0.6) is 0 Å². The largest absolute Gasteiger partial charge is 0.392 e. The van der Waals surface area contributed by atoms with Gasteiger partial charge in [0.2, 0.25) is 5.91 Å². The summed E-state index contributed by atoms with van der Waals surface area (Å²) in [5.41, 5.74) is 2.45. The van der Waals surface area contributed by atoms with E-state index in [4.69, 9.17) is 11.6 Å². The van der Waals surface area contributed by atoms with Gasteiger partial charge in [-0.15, -0.1) is 0 Å². The molecular weight excluding hydrogens is 264 g/mol. The van der Waals surface area contributed by atoms with Gasteiger partial charge < -0.3 is 15.7 Å². The first-order valence-corrected chi connectivity index (χ1v) is 6.82. The van der Waals surface area contributed by atoms with E-state index >= 15 is 0 Å². The Morgan fingerprint density at radius 1 is 1.47 bits per heavy atom. The topological polar surface area (TPSA) is 61.4 Å². The maximum absolute atomic E-state index is 11.4. The highest BCUT2D eigenvalue weighted by Crippen LogP contribution is 2.43. The van der Waals surface area contributed by atoms with E-state index in [1.54, 1.807) is 6.07 Å². The van der Waals surface area contributed by atoms with Crippen molar-refractivity contribution in [3.63, 3.8) is 0 Å². The maximum atomic E-state index is 11.4. The number of rotatable bonds is 2. The maximum Gasteiger partial charge on any atom is 0.228 e. The summed E-state index contributed by atoms with van der Waals surface area (Å²) in [7, 11) is 0. The first-order valence-electron chi connectivity index (χ1n) is 6.45. The van der Waals surface area contributed by atoms with E-state index in [0.29, 0.717) is 11.4 Å². The van der Waals surface area contributed by atoms with Crippen LogP contribution in [0, 0.1) is 5.41 Å². The third-order valence-corrected chi connectivity index (χ3v) is 4.68. The lowest BCUT2D eigenvalue weighted by molar-refractivity contribution is -0.115. The van der Waals surface area contributed by atoms with Crippen LogP contribution in [0.1, 0.15) is 25.8 Å². The Balaban J connectivity index is 1.83. The summed E-state index contributed by atoms with van der Waals surface area (Å²) in [5, 5.41) is 16.5. The average molecular weight is 281 g/mol. The van der Waals surface area contributed by atoms with Gasteiger partial charge in [-0.2, -0.15) is 0 Å². The molecule has 5 heteroatoms. The molecular formula is C14H17ClN2O2. The fourth-order valence-corrected chi connectivity index (χ4v) is 2.91. The van der Waals surface area contributed by atoms with Crippen LogP contribution < -0.4 is 10.6 Å². The van der Waals surface area contributed by atoms with E-state index in [1.807, 2.05) is 19.9 Å². The number of nitrogens with one attached hydrogen (secondary N) is 2. The van der Waals surface area contributed by atoms with Gasteiger partial charge in [0, 0.05) is 17.1 Å². The molecule has 19 heavy (non-hydrogen) atoms. The van der Waals surface area contributed by atoms with Crippen molar-refractivity contribution in [3.05, 3.63) is 22.7 Å². The second-order valence-corrected chi connectivity index (χ2v) is 6.39. The number of aliphatic hydroxyl groups is 1. The van der Waals surface area contributed by atoms with Gasteiger partial charge in [-0.3, -0.25) is 4.79 Å². The highest BCUT2D eigenvalue weighted by atomic mass is 35.5. The molecule has 1 aliphatic heterocycles. The van der Waals surface area contributed by atoms with Gasteiger partial charge in [-0.05, 0) is 24.1 Å². The zero-order chi connectivity index (χ0) is 13.8. The molecule has 102 valence electrons. The Hall–Kier alpha value is -1.26. The van der Waals surface area contributed by atoms with Crippen LogP contribution in [0.2, 0.25) is 5.02 Å². The molecule has 1 saturated carbocycles. The molecule has 0 saturated heterocycles. The lowest BCUT2D eigenvalue weighted by atomic mass is 9.64. The molecule has 0 spiro atoms. The van der Waals surface area contributed by atoms with E-state index in [2.05, 4.69) is 10.6 Å². The molecule has 1 aromatic rings. The number of carbonyl (C=O) groups excluding carboxylic acids is 1. The molecule has 2 atom stereocenters. The Labute approximate surface area is 117 Å². The minimum absolute atomic E-state index is 0.00242. The fraction of sp³-hybridized carbons (Fsp3) is 0.500. The van der Waals surface area contributed by atoms with Gasteiger partial charge in [0.25, 0.3) is 0 Å². The van der Waals surface area contributed by atoms with Crippen LogP contribution in [0.4, 0.5) is 11.4 Å². The van der Waals surface area contributed by atoms with Gasteiger partial charge in [-0.25, -0.2) is 0 Å². The number of fused-ring (bicyclic) bond motifs is 1. The summed E-state index contributed by atoms with van der Waals surface area (Å²) in [5.74, 6) is 0.00242. The summed E-state index contributed by atoms with van der Waals surface area (Å²) >= 11 is 6.23. The number of benzene rings is 1. The van der Waals surface area contributed by atoms with E-state index in [0.717, 1.165) is 23.4 Å². The zero-order valence-electron chi connectivity index (χ0n) is 11.0. The lowest BCUT2D eigenvalue weighted by Gasteiger charge is -2.50. The van der Waals surface area contributed by atoms with E-state index in [9.17, 15) is 9.90 Å². The molecule has 3 N–H and O–H groups in total.